The quantitative estimate of drug-likeness (QED) is 0.658. The van der Waals surface area contributed by atoms with Crippen LogP contribution in [0.1, 0.15) is 32.8 Å². The van der Waals surface area contributed by atoms with Crippen LogP contribution in [0.5, 0.6) is 0 Å². The minimum atomic E-state index is 0.272. The SMILES string of the molecule is CC(Cl)CC(C)(C)Cc1ccsc1. The Hall–Kier alpha value is -0.0100. The second-order valence-electron chi connectivity index (χ2n) is 4.46. The van der Waals surface area contributed by atoms with Crippen LogP contribution >= 0.6 is 22.9 Å². The van der Waals surface area contributed by atoms with E-state index >= 15 is 0 Å². The van der Waals surface area contributed by atoms with E-state index in [0.717, 1.165) is 12.8 Å². The second-order valence-corrected chi connectivity index (χ2v) is 5.98. The second kappa shape index (κ2) is 4.47. The van der Waals surface area contributed by atoms with Gasteiger partial charge < -0.3 is 0 Å². The molecule has 0 bridgehead atoms. The van der Waals surface area contributed by atoms with Crippen molar-refractivity contribution in [2.75, 3.05) is 0 Å². The van der Waals surface area contributed by atoms with E-state index < -0.39 is 0 Å². The molecule has 0 radical (unpaired) electrons. The molecule has 0 amide bonds. The van der Waals surface area contributed by atoms with E-state index in [1.807, 2.05) is 0 Å². The summed E-state index contributed by atoms with van der Waals surface area (Å²) in [4.78, 5) is 0. The maximum Gasteiger partial charge on any atom is 0.0313 e. The predicted octanol–water partition coefficient (Wildman–Crippen LogP) is 4.33. The van der Waals surface area contributed by atoms with Gasteiger partial charge in [-0.3, -0.25) is 0 Å². The maximum atomic E-state index is 6.01. The van der Waals surface area contributed by atoms with Crippen LogP contribution in [0.4, 0.5) is 0 Å². The molecule has 1 atom stereocenters. The molecule has 1 heterocycles. The van der Waals surface area contributed by atoms with Crippen LogP contribution in [-0.2, 0) is 6.42 Å². The third kappa shape index (κ3) is 4.15. The van der Waals surface area contributed by atoms with Gasteiger partial charge in [-0.2, -0.15) is 11.3 Å². The molecule has 0 N–H and O–H groups in total. The van der Waals surface area contributed by atoms with Crippen molar-refractivity contribution in [2.45, 2.75) is 39.0 Å². The molecule has 0 saturated heterocycles. The highest BCUT2D eigenvalue weighted by Gasteiger charge is 2.20. The number of thiophene rings is 1. The highest BCUT2D eigenvalue weighted by Crippen LogP contribution is 2.29. The largest absolute Gasteiger partial charge is 0.152 e. The third-order valence-electron chi connectivity index (χ3n) is 2.10. The van der Waals surface area contributed by atoms with Crippen molar-refractivity contribution >= 4 is 22.9 Å². The number of rotatable bonds is 4. The molecule has 0 aromatic carbocycles. The molecule has 0 aliphatic carbocycles. The fraction of sp³-hybridized carbons (Fsp3) is 0.636. The van der Waals surface area contributed by atoms with Gasteiger partial charge in [0, 0.05) is 5.38 Å². The van der Waals surface area contributed by atoms with Crippen molar-refractivity contribution in [2.24, 2.45) is 5.41 Å². The standard InChI is InChI=1S/C11H17ClS/c1-9(12)6-11(2,3)7-10-4-5-13-8-10/h4-5,8-9H,6-7H2,1-3H3. The van der Waals surface area contributed by atoms with Crippen LogP contribution in [0.15, 0.2) is 16.8 Å². The van der Waals surface area contributed by atoms with E-state index in [0.29, 0.717) is 5.41 Å². The number of alkyl halides is 1. The average Bonchev–Trinajstić information content (AvgIpc) is 2.34. The Morgan fingerprint density at radius 2 is 2.23 bits per heavy atom. The minimum absolute atomic E-state index is 0.272. The molecule has 2 heteroatoms. The van der Waals surface area contributed by atoms with Crippen LogP contribution in [0.3, 0.4) is 0 Å². The fourth-order valence-corrected chi connectivity index (χ4v) is 2.87. The summed E-state index contributed by atoms with van der Waals surface area (Å²) in [6.07, 6.45) is 2.21. The molecule has 0 aliphatic heterocycles. The van der Waals surface area contributed by atoms with Gasteiger partial charge in [-0.25, -0.2) is 0 Å². The average molecular weight is 217 g/mol. The summed E-state index contributed by atoms with van der Waals surface area (Å²) in [6.45, 7) is 6.63. The molecular formula is C11H17ClS. The number of hydrogen-bond acceptors (Lipinski definition) is 1. The monoisotopic (exact) mass is 216 g/mol. The summed E-state index contributed by atoms with van der Waals surface area (Å²) in [6, 6.07) is 2.20. The first-order valence-corrected chi connectivity index (χ1v) is 6.03. The molecule has 74 valence electrons. The lowest BCUT2D eigenvalue weighted by Crippen LogP contribution is -2.18. The molecular weight excluding hydrogens is 200 g/mol. The smallest absolute Gasteiger partial charge is 0.0313 e. The fourth-order valence-electron chi connectivity index (χ4n) is 1.78. The molecule has 1 rings (SSSR count). The highest BCUT2D eigenvalue weighted by atomic mass is 35.5. The molecule has 0 aliphatic rings. The molecule has 0 saturated carbocycles. The Morgan fingerprint density at radius 1 is 1.54 bits per heavy atom. The maximum absolute atomic E-state index is 6.01. The Balaban J connectivity index is 2.51. The third-order valence-corrected chi connectivity index (χ3v) is 2.98. The van der Waals surface area contributed by atoms with Gasteiger partial charge in [-0.1, -0.05) is 13.8 Å². The molecule has 1 unspecified atom stereocenters. The first-order valence-electron chi connectivity index (χ1n) is 4.65. The van der Waals surface area contributed by atoms with E-state index in [1.54, 1.807) is 11.3 Å². The summed E-state index contributed by atoms with van der Waals surface area (Å²) in [5.41, 5.74) is 1.76. The summed E-state index contributed by atoms with van der Waals surface area (Å²) in [5.74, 6) is 0. The summed E-state index contributed by atoms with van der Waals surface area (Å²) < 4.78 is 0. The van der Waals surface area contributed by atoms with Gasteiger partial charge in [0.2, 0.25) is 0 Å². The Labute approximate surface area is 89.9 Å². The molecule has 1 aromatic rings. The number of hydrogen-bond donors (Lipinski definition) is 0. The lowest BCUT2D eigenvalue weighted by atomic mass is 9.82. The van der Waals surface area contributed by atoms with Crippen molar-refractivity contribution < 1.29 is 0 Å². The van der Waals surface area contributed by atoms with Crippen molar-refractivity contribution in [3.8, 4) is 0 Å². The highest BCUT2D eigenvalue weighted by molar-refractivity contribution is 7.07. The zero-order valence-corrected chi connectivity index (χ0v) is 10.1. The van der Waals surface area contributed by atoms with Crippen LogP contribution in [-0.4, -0.2) is 5.38 Å². The van der Waals surface area contributed by atoms with Crippen molar-refractivity contribution in [1.82, 2.24) is 0 Å². The van der Waals surface area contributed by atoms with Gasteiger partial charge in [0.1, 0.15) is 0 Å². The minimum Gasteiger partial charge on any atom is -0.152 e. The molecule has 0 spiro atoms. The van der Waals surface area contributed by atoms with Crippen LogP contribution in [0.2, 0.25) is 0 Å². The normalized spacial score (nSPS) is 14.5. The predicted molar refractivity (Wildman–Crippen MR) is 61.7 cm³/mol. The zero-order chi connectivity index (χ0) is 9.90. The van der Waals surface area contributed by atoms with Gasteiger partial charge in [-0.05, 0) is 47.6 Å². The Morgan fingerprint density at radius 3 is 2.69 bits per heavy atom. The van der Waals surface area contributed by atoms with Crippen LogP contribution in [0, 0.1) is 5.41 Å². The van der Waals surface area contributed by atoms with E-state index in [4.69, 9.17) is 11.6 Å². The van der Waals surface area contributed by atoms with E-state index in [9.17, 15) is 0 Å². The molecule has 0 fully saturated rings. The summed E-state index contributed by atoms with van der Waals surface area (Å²) in [7, 11) is 0. The zero-order valence-electron chi connectivity index (χ0n) is 8.51. The van der Waals surface area contributed by atoms with Gasteiger partial charge in [0.25, 0.3) is 0 Å². The van der Waals surface area contributed by atoms with Gasteiger partial charge >= 0.3 is 0 Å². The lowest BCUT2D eigenvalue weighted by molar-refractivity contribution is 0.332. The van der Waals surface area contributed by atoms with E-state index in [-0.39, 0.29) is 5.38 Å². The molecule has 13 heavy (non-hydrogen) atoms. The Kier molecular flexibility index (Phi) is 3.81. The first-order chi connectivity index (χ1) is 5.99. The van der Waals surface area contributed by atoms with Gasteiger partial charge in [0.05, 0.1) is 0 Å². The van der Waals surface area contributed by atoms with Crippen LogP contribution in [0.25, 0.3) is 0 Å². The Bertz CT molecular complexity index is 237. The van der Waals surface area contributed by atoms with Crippen molar-refractivity contribution in [1.29, 1.82) is 0 Å². The van der Waals surface area contributed by atoms with Crippen molar-refractivity contribution in [3.05, 3.63) is 22.4 Å². The molecule has 0 nitrogen and oxygen atoms in total. The summed E-state index contributed by atoms with van der Waals surface area (Å²) >= 11 is 7.77. The molecule has 1 aromatic heterocycles. The lowest BCUT2D eigenvalue weighted by Gasteiger charge is -2.25. The van der Waals surface area contributed by atoms with Crippen LogP contribution < -0.4 is 0 Å². The van der Waals surface area contributed by atoms with Crippen molar-refractivity contribution in [3.63, 3.8) is 0 Å². The van der Waals surface area contributed by atoms with Gasteiger partial charge in [0.15, 0.2) is 0 Å². The number of halogens is 1. The topological polar surface area (TPSA) is 0 Å². The van der Waals surface area contributed by atoms with Gasteiger partial charge in [-0.15, -0.1) is 11.6 Å². The first kappa shape index (κ1) is 11.1. The summed E-state index contributed by atoms with van der Waals surface area (Å²) in [5, 5.41) is 4.63. The van der Waals surface area contributed by atoms with E-state index in [1.165, 1.54) is 5.56 Å². The van der Waals surface area contributed by atoms with E-state index in [2.05, 4.69) is 37.6 Å².